The number of para-hydroxylation sites is 1. The highest BCUT2D eigenvalue weighted by molar-refractivity contribution is 6.07. The Morgan fingerprint density at radius 3 is 2.14 bits per heavy atom. The standard InChI is InChI=1S/C35H36N2O7/c1-22(2)21-42-35(41)36-26-11-17-28(18-12-26)44-30-16-10-24-19-29(15-9-25(24)20-30)43-27-13-7-23(8-14-27)33(38)37-32-6-4-3-5-31(32)34(39)40/h3-10,13-16,19-20,22,26,28H,11-12,17-18,21H2,1-2H3,(H,36,41)(H,37,38)(H,39,40). The monoisotopic (exact) mass is 596 g/mol. The van der Waals surface area contributed by atoms with Crippen molar-refractivity contribution in [3.8, 4) is 17.2 Å². The molecule has 0 heterocycles. The van der Waals surface area contributed by atoms with E-state index in [1.807, 2.05) is 50.2 Å². The molecule has 0 unspecified atom stereocenters. The van der Waals surface area contributed by atoms with Gasteiger partial charge in [-0.15, -0.1) is 0 Å². The van der Waals surface area contributed by atoms with Crippen molar-refractivity contribution in [1.29, 1.82) is 0 Å². The number of aromatic carboxylic acids is 1. The Bertz CT molecular complexity index is 1630. The zero-order valence-corrected chi connectivity index (χ0v) is 24.7. The van der Waals surface area contributed by atoms with Crippen LogP contribution in [0.4, 0.5) is 10.5 Å². The van der Waals surface area contributed by atoms with Crippen molar-refractivity contribution >= 4 is 34.4 Å². The minimum atomic E-state index is -1.11. The maximum atomic E-state index is 12.7. The Morgan fingerprint density at radius 2 is 1.45 bits per heavy atom. The number of hydrogen-bond acceptors (Lipinski definition) is 6. The summed E-state index contributed by atoms with van der Waals surface area (Å²) >= 11 is 0. The second-order valence-corrected chi connectivity index (χ2v) is 11.3. The van der Waals surface area contributed by atoms with Gasteiger partial charge in [-0.25, -0.2) is 9.59 Å². The van der Waals surface area contributed by atoms with Crippen LogP contribution in [-0.2, 0) is 4.74 Å². The summed E-state index contributed by atoms with van der Waals surface area (Å²) in [5.41, 5.74) is 0.627. The molecule has 0 bridgehead atoms. The molecular formula is C35H36N2O7. The van der Waals surface area contributed by atoms with Crippen molar-refractivity contribution in [1.82, 2.24) is 5.32 Å². The van der Waals surface area contributed by atoms with Crippen LogP contribution in [0.15, 0.2) is 84.9 Å². The van der Waals surface area contributed by atoms with E-state index in [0.29, 0.717) is 29.6 Å². The van der Waals surface area contributed by atoms with Crippen molar-refractivity contribution in [2.75, 3.05) is 11.9 Å². The lowest BCUT2D eigenvalue weighted by Crippen LogP contribution is -2.40. The maximum absolute atomic E-state index is 12.7. The third-order valence-electron chi connectivity index (χ3n) is 7.39. The minimum absolute atomic E-state index is 0.0216. The molecule has 9 nitrogen and oxygen atoms in total. The highest BCUT2D eigenvalue weighted by atomic mass is 16.5. The molecule has 5 rings (SSSR count). The molecule has 2 amide bonds. The summed E-state index contributed by atoms with van der Waals surface area (Å²) in [6, 6.07) is 24.8. The molecule has 3 N–H and O–H groups in total. The molecule has 1 saturated carbocycles. The average molecular weight is 597 g/mol. The molecule has 0 radical (unpaired) electrons. The lowest BCUT2D eigenvalue weighted by molar-refractivity contribution is 0.0698. The number of anilines is 1. The average Bonchev–Trinajstić information content (AvgIpc) is 3.01. The minimum Gasteiger partial charge on any atom is -0.490 e. The van der Waals surface area contributed by atoms with Crippen LogP contribution in [0.1, 0.15) is 60.2 Å². The second-order valence-electron chi connectivity index (χ2n) is 11.3. The summed E-state index contributed by atoms with van der Waals surface area (Å²) in [6.45, 7) is 4.44. The highest BCUT2D eigenvalue weighted by Gasteiger charge is 2.24. The van der Waals surface area contributed by atoms with Crippen LogP contribution in [-0.4, -0.2) is 41.8 Å². The first-order valence-electron chi connectivity index (χ1n) is 14.8. The molecule has 228 valence electrons. The molecule has 0 saturated heterocycles. The van der Waals surface area contributed by atoms with Crippen LogP contribution in [0.3, 0.4) is 0 Å². The third kappa shape index (κ3) is 8.06. The number of ether oxygens (including phenoxy) is 3. The molecule has 0 spiro atoms. The van der Waals surface area contributed by atoms with E-state index in [2.05, 4.69) is 10.6 Å². The van der Waals surface area contributed by atoms with Crippen molar-refractivity contribution in [2.45, 2.75) is 51.7 Å². The van der Waals surface area contributed by atoms with Gasteiger partial charge in [0.1, 0.15) is 17.2 Å². The molecule has 4 aromatic rings. The van der Waals surface area contributed by atoms with Crippen LogP contribution >= 0.6 is 0 Å². The van der Waals surface area contributed by atoms with Crippen LogP contribution in [0.25, 0.3) is 10.8 Å². The molecule has 1 aliphatic rings. The fourth-order valence-corrected chi connectivity index (χ4v) is 5.09. The van der Waals surface area contributed by atoms with Crippen LogP contribution in [0.5, 0.6) is 17.2 Å². The van der Waals surface area contributed by atoms with E-state index in [9.17, 15) is 19.5 Å². The number of nitrogens with one attached hydrogen (secondary N) is 2. The normalized spacial score (nSPS) is 16.2. The Labute approximate surface area is 256 Å². The van der Waals surface area contributed by atoms with Crippen molar-refractivity contribution in [3.63, 3.8) is 0 Å². The van der Waals surface area contributed by atoms with E-state index < -0.39 is 11.9 Å². The van der Waals surface area contributed by atoms with Crippen molar-refractivity contribution < 1.29 is 33.7 Å². The van der Waals surface area contributed by atoms with E-state index in [0.717, 1.165) is 42.2 Å². The predicted molar refractivity (Wildman–Crippen MR) is 168 cm³/mol. The van der Waals surface area contributed by atoms with Gasteiger partial charge in [0, 0.05) is 11.6 Å². The molecule has 1 fully saturated rings. The lowest BCUT2D eigenvalue weighted by Gasteiger charge is -2.29. The topological polar surface area (TPSA) is 123 Å². The summed E-state index contributed by atoms with van der Waals surface area (Å²) in [4.78, 5) is 36.0. The molecule has 0 aromatic heterocycles. The van der Waals surface area contributed by atoms with E-state index in [1.165, 1.54) is 6.07 Å². The number of rotatable bonds is 10. The Morgan fingerprint density at radius 1 is 0.818 bits per heavy atom. The second kappa shape index (κ2) is 13.9. The SMILES string of the molecule is CC(C)COC(=O)NC1CCC(Oc2ccc3cc(Oc4ccc(C(=O)Nc5ccccc5C(=O)O)cc4)ccc3c2)CC1. The van der Waals surface area contributed by atoms with Crippen molar-refractivity contribution in [3.05, 3.63) is 96.1 Å². The Kier molecular flexibility index (Phi) is 9.64. The predicted octanol–water partition coefficient (Wildman–Crippen LogP) is 7.65. The highest BCUT2D eigenvalue weighted by Crippen LogP contribution is 2.30. The summed E-state index contributed by atoms with van der Waals surface area (Å²) in [5.74, 6) is 0.795. The molecular weight excluding hydrogens is 560 g/mol. The number of fused-ring (bicyclic) bond motifs is 1. The smallest absolute Gasteiger partial charge is 0.407 e. The van der Waals surface area contributed by atoms with Crippen molar-refractivity contribution in [2.24, 2.45) is 5.92 Å². The van der Waals surface area contributed by atoms with E-state index in [4.69, 9.17) is 14.2 Å². The van der Waals surface area contributed by atoms with Gasteiger partial charge in [0.2, 0.25) is 0 Å². The third-order valence-corrected chi connectivity index (χ3v) is 7.39. The van der Waals surface area contributed by atoms with Crippen LogP contribution in [0, 0.1) is 5.92 Å². The zero-order valence-electron chi connectivity index (χ0n) is 24.7. The fourth-order valence-electron chi connectivity index (χ4n) is 5.09. The molecule has 0 aliphatic heterocycles. The van der Waals surface area contributed by atoms with E-state index in [-0.39, 0.29) is 29.5 Å². The number of hydrogen-bond donors (Lipinski definition) is 3. The van der Waals surface area contributed by atoms with Gasteiger partial charge in [-0.2, -0.15) is 0 Å². The number of amides is 2. The first kappa shape index (κ1) is 30.4. The summed E-state index contributed by atoms with van der Waals surface area (Å²) in [5, 5.41) is 17.0. The van der Waals surface area contributed by atoms with Crippen LogP contribution in [0.2, 0.25) is 0 Å². The molecule has 1 aliphatic carbocycles. The number of carbonyl (C=O) groups excluding carboxylic acids is 2. The van der Waals surface area contributed by atoms with Gasteiger partial charge >= 0.3 is 12.1 Å². The molecule has 44 heavy (non-hydrogen) atoms. The number of benzene rings is 4. The first-order chi connectivity index (χ1) is 21.2. The van der Waals surface area contributed by atoms with Gasteiger partial charge in [0.25, 0.3) is 5.91 Å². The van der Waals surface area contributed by atoms with E-state index in [1.54, 1.807) is 42.5 Å². The maximum Gasteiger partial charge on any atom is 0.407 e. The number of carbonyl (C=O) groups is 3. The van der Waals surface area contributed by atoms with Gasteiger partial charge in [-0.05, 0) is 103 Å². The zero-order chi connectivity index (χ0) is 31.1. The molecule has 9 heteroatoms. The van der Waals surface area contributed by atoms with Crippen LogP contribution < -0.4 is 20.1 Å². The largest absolute Gasteiger partial charge is 0.490 e. The summed E-state index contributed by atoms with van der Waals surface area (Å²) in [6.07, 6.45) is 3.16. The number of carboxylic acid groups (broad SMARTS) is 1. The Balaban J connectivity index is 1.13. The fraction of sp³-hybridized carbons (Fsp3) is 0.286. The summed E-state index contributed by atoms with van der Waals surface area (Å²) in [7, 11) is 0. The lowest BCUT2D eigenvalue weighted by atomic mass is 9.93. The Hall–Kier alpha value is -5.05. The molecule has 0 atom stereocenters. The van der Waals surface area contributed by atoms with Gasteiger partial charge in [-0.3, -0.25) is 4.79 Å². The number of alkyl carbamates (subject to hydrolysis) is 1. The van der Waals surface area contributed by atoms with Gasteiger partial charge < -0.3 is 30.0 Å². The molecule has 4 aromatic carbocycles. The number of carboxylic acids is 1. The summed E-state index contributed by atoms with van der Waals surface area (Å²) < 4.78 is 17.5. The van der Waals surface area contributed by atoms with Gasteiger partial charge in [0.05, 0.1) is 24.0 Å². The van der Waals surface area contributed by atoms with E-state index >= 15 is 0 Å². The quantitative estimate of drug-likeness (QED) is 0.172. The van der Waals surface area contributed by atoms with Gasteiger partial charge in [-0.1, -0.05) is 38.1 Å². The van der Waals surface area contributed by atoms with Gasteiger partial charge in [0.15, 0.2) is 0 Å². The first-order valence-corrected chi connectivity index (χ1v) is 14.8.